The lowest BCUT2D eigenvalue weighted by Gasteiger charge is -2.52. The number of carbonyl (C=O) groups is 2. The van der Waals surface area contributed by atoms with E-state index in [1.807, 2.05) is 0 Å². The highest BCUT2D eigenvalue weighted by molar-refractivity contribution is 5.93. The lowest BCUT2D eigenvalue weighted by atomic mass is 9.71. The van der Waals surface area contributed by atoms with E-state index < -0.39 is 35.0 Å². The van der Waals surface area contributed by atoms with Gasteiger partial charge in [-0.05, 0) is 63.5 Å². The molecule has 0 unspecified atom stereocenters. The van der Waals surface area contributed by atoms with Crippen LogP contribution in [0, 0.1) is 16.7 Å². The van der Waals surface area contributed by atoms with E-state index in [0.29, 0.717) is 36.4 Å². The van der Waals surface area contributed by atoms with Crippen molar-refractivity contribution < 1.29 is 41.0 Å². The van der Waals surface area contributed by atoms with E-state index >= 15 is 0 Å². The second kappa shape index (κ2) is 10.5. The fourth-order valence-electron chi connectivity index (χ4n) is 6.69. The molecular weight excluding hydrogens is 547 g/mol. The van der Waals surface area contributed by atoms with E-state index in [9.17, 15) is 31.5 Å². The number of halogens is 5. The number of benzene rings is 1. The number of hydrogen-bond donors (Lipinski definition) is 1. The molecular formula is C30H39F5N2O4. The first-order chi connectivity index (χ1) is 19.1. The van der Waals surface area contributed by atoms with Crippen LogP contribution in [0.15, 0.2) is 18.2 Å². The summed E-state index contributed by atoms with van der Waals surface area (Å²) in [5, 5.41) is 3.30. The quantitative estimate of drug-likeness (QED) is 0.321. The molecule has 1 N–H and O–H groups in total. The van der Waals surface area contributed by atoms with Gasteiger partial charge in [0.25, 0.3) is 0 Å². The zero-order valence-corrected chi connectivity index (χ0v) is 23.8. The summed E-state index contributed by atoms with van der Waals surface area (Å²) in [6.07, 6.45) is -4.73. The Morgan fingerprint density at radius 2 is 1.71 bits per heavy atom. The molecule has 41 heavy (non-hydrogen) atoms. The molecule has 2 saturated heterocycles. The van der Waals surface area contributed by atoms with E-state index in [2.05, 4.69) is 5.32 Å². The third-order valence-electron chi connectivity index (χ3n) is 9.25. The fourth-order valence-corrected chi connectivity index (χ4v) is 6.69. The van der Waals surface area contributed by atoms with Gasteiger partial charge in [0.1, 0.15) is 11.0 Å². The number of hydrogen-bond acceptors (Lipinski definition) is 5. The van der Waals surface area contributed by atoms with Gasteiger partial charge in [-0.25, -0.2) is 13.6 Å². The second-order valence-electron chi connectivity index (χ2n) is 13.5. The van der Waals surface area contributed by atoms with Crippen LogP contribution in [0.3, 0.4) is 0 Å². The van der Waals surface area contributed by atoms with Gasteiger partial charge in [0.15, 0.2) is 0 Å². The summed E-state index contributed by atoms with van der Waals surface area (Å²) >= 11 is 0. The van der Waals surface area contributed by atoms with Crippen molar-refractivity contribution in [1.29, 1.82) is 0 Å². The molecule has 6 nitrogen and oxygen atoms in total. The van der Waals surface area contributed by atoms with Crippen molar-refractivity contribution in [1.82, 2.24) is 10.2 Å². The summed E-state index contributed by atoms with van der Waals surface area (Å²) in [5.41, 5.74) is -1.63. The van der Waals surface area contributed by atoms with Gasteiger partial charge in [0, 0.05) is 50.4 Å². The summed E-state index contributed by atoms with van der Waals surface area (Å²) in [7, 11) is 0. The second-order valence-corrected chi connectivity index (χ2v) is 13.5. The molecule has 2 saturated carbocycles. The Morgan fingerprint density at radius 1 is 1.05 bits per heavy atom. The van der Waals surface area contributed by atoms with Crippen molar-refractivity contribution in [2.45, 2.75) is 89.5 Å². The number of amides is 1. The van der Waals surface area contributed by atoms with Gasteiger partial charge >= 0.3 is 12.1 Å². The zero-order valence-electron chi connectivity index (χ0n) is 23.8. The Balaban J connectivity index is 1.26. The maximum atomic E-state index is 13.9. The normalized spacial score (nSPS) is 25.2. The maximum absolute atomic E-state index is 13.9. The van der Waals surface area contributed by atoms with E-state index in [1.54, 1.807) is 39.0 Å². The first kappa shape index (κ1) is 30.2. The Bertz CT molecular complexity index is 1160. The molecule has 4 fully saturated rings. The van der Waals surface area contributed by atoms with Crippen LogP contribution in [-0.2, 0) is 20.9 Å². The van der Waals surface area contributed by atoms with Crippen LogP contribution < -0.4 is 5.32 Å². The predicted octanol–water partition coefficient (Wildman–Crippen LogP) is 5.84. The molecule has 2 aliphatic carbocycles. The molecule has 1 aromatic carbocycles. The number of alkyl halides is 5. The Kier molecular flexibility index (Phi) is 7.71. The van der Waals surface area contributed by atoms with E-state index in [4.69, 9.17) is 9.47 Å². The Hall–Kier alpha value is -2.27. The number of likely N-dealkylation sites (tertiary alicyclic amines) is 1. The van der Waals surface area contributed by atoms with E-state index in [1.165, 1.54) is 4.90 Å². The van der Waals surface area contributed by atoms with E-state index in [0.717, 1.165) is 0 Å². The number of nitrogens with one attached hydrogen (secondary N) is 1. The molecule has 228 valence electrons. The Labute approximate surface area is 237 Å². The van der Waals surface area contributed by atoms with Gasteiger partial charge in [-0.1, -0.05) is 18.2 Å². The molecule has 11 heteroatoms. The highest BCUT2D eigenvalue weighted by Crippen LogP contribution is 2.60. The zero-order chi connectivity index (χ0) is 29.8. The van der Waals surface area contributed by atoms with Gasteiger partial charge in [0.2, 0.25) is 11.8 Å². The lowest BCUT2D eigenvalue weighted by molar-refractivity contribution is -0.205. The molecule has 1 atom stereocenters. The van der Waals surface area contributed by atoms with Crippen molar-refractivity contribution in [3.05, 3.63) is 34.9 Å². The summed E-state index contributed by atoms with van der Waals surface area (Å²) in [6, 6.07) is 5.39. The van der Waals surface area contributed by atoms with Gasteiger partial charge in [-0.3, -0.25) is 4.79 Å². The minimum absolute atomic E-state index is 0.0127. The fraction of sp³-hybridized carbons (Fsp3) is 0.733. The highest BCUT2D eigenvalue weighted by Gasteiger charge is 2.71. The number of carbonyl (C=O) groups excluding carboxylic acids is 2. The number of rotatable bonds is 7. The van der Waals surface area contributed by atoms with Crippen LogP contribution in [0.1, 0.15) is 86.7 Å². The minimum atomic E-state index is -4.53. The van der Waals surface area contributed by atoms with Gasteiger partial charge in [0.05, 0.1) is 18.8 Å². The monoisotopic (exact) mass is 586 g/mol. The van der Waals surface area contributed by atoms with Crippen LogP contribution in [0.25, 0.3) is 0 Å². The van der Waals surface area contributed by atoms with Crippen molar-refractivity contribution in [2.75, 3.05) is 32.8 Å². The van der Waals surface area contributed by atoms with Crippen LogP contribution in [-0.4, -0.2) is 67.3 Å². The first-order valence-corrected chi connectivity index (χ1v) is 14.4. The Morgan fingerprint density at radius 3 is 2.29 bits per heavy atom. The van der Waals surface area contributed by atoms with E-state index in [-0.39, 0.29) is 75.5 Å². The van der Waals surface area contributed by atoms with Crippen LogP contribution in [0.2, 0.25) is 0 Å². The molecule has 0 bridgehead atoms. The topological polar surface area (TPSA) is 67.9 Å². The first-order valence-electron chi connectivity index (χ1n) is 14.4. The third-order valence-corrected chi connectivity index (χ3v) is 9.25. The van der Waals surface area contributed by atoms with Crippen molar-refractivity contribution in [2.24, 2.45) is 16.7 Å². The summed E-state index contributed by atoms with van der Waals surface area (Å²) in [6.45, 7) is 7.42. The highest BCUT2D eigenvalue weighted by atomic mass is 19.4. The minimum Gasteiger partial charge on any atom is -0.456 e. The molecule has 0 aromatic heterocycles. The van der Waals surface area contributed by atoms with Gasteiger partial charge < -0.3 is 19.7 Å². The number of nitrogens with zero attached hydrogens (tertiary/aromatic N) is 1. The molecule has 1 aromatic rings. The average molecular weight is 587 g/mol. The summed E-state index contributed by atoms with van der Waals surface area (Å²) in [4.78, 5) is 27.4. The molecule has 0 radical (unpaired) electrons. The van der Waals surface area contributed by atoms with Gasteiger partial charge in [-0.2, -0.15) is 13.2 Å². The van der Waals surface area contributed by atoms with Crippen molar-refractivity contribution in [3.8, 4) is 0 Å². The van der Waals surface area contributed by atoms with Crippen molar-refractivity contribution in [3.63, 3.8) is 0 Å². The smallest absolute Gasteiger partial charge is 0.403 e. The summed E-state index contributed by atoms with van der Waals surface area (Å²) in [5.74, 6) is -4.23. The molecule has 5 rings (SSSR count). The average Bonchev–Trinajstić information content (AvgIpc) is 3.56. The van der Waals surface area contributed by atoms with Crippen molar-refractivity contribution >= 4 is 11.9 Å². The maximum Gasteiger partial charge on any atom is 0.403 e. The SMILES string of the molecule is CC(C)(C)OC(=O)c1c(COC[C@@H]2CNCC23CN(C(=O)C2(C(F)(F)F)CC2)C3)cccc1C1CCC(F)(F)CC1. The molecule has 1 amide bonds. The summed E-state index contributed by atoms with van der Waals surface area (Å²) < 4.78 is 79.9. The molecule has 2 heterocycles. The van der Waals surface area contributed by atoms with Crippen LogP contribution >= 0.6 is 0 Å². The third kappa shape index (κ3) is 5.98. The van der Waals surface area contributed by atoms with Crippen LogP contribution in [0.4, 0.5) is 22.0 Å². The molecule has 1 spiro atoms. The largest absolute Gasteiger partial charge is 0.456 e. The number of ether oxygens (including phenoxy) is 2. The molecule has 2 aliphatic heterocycles. The lowest BCUT2D eigenvalue weighted by Crippen LogP contribution is -2.64. The van der Waals surface area contributed by atoms with Crippen LogP contribution in [0.5, 0.6) is 0 Å². The number of esters is 1. The van der Waals surface area contributed by atoms with Gasteiger partial charge in [-0.15, -0.1) is 0 Å². The predicted molar refractivity (Wildman–Crippen MR) is 141 cm³/mol. The molecule has 4 aliphatic rings. The standard InChI is InChI=1S/C30H39F5N2O4/c1-26(2,3)41-24(38)23-20(5-4-6-22(23)19-7-9-29(31,32)10-8-19)14-40-15-21-13-36-16-27(21)17-37(18-27)25(39)28(11-12-28)30(33,34)35/h4-6,19,21,36H,7-18H2,1-3H3/t21-/m0/s1.